The number of nitrogens with one attached hydrogen (secondary N) is 1. The van der Waals surface area contributed by atoms with Gasteiger partial charge in [0.25, 0.3) is 5.91 Å². The van der Waals surface area contributed by atoms with Crippen LogP contribution in [0.1, 0.15) is 48.0 Å². The number of amides is 2. The van der Waals surface area contributed by atoms with Crippen molar-refractivity contribution in [3.63, 3.8) is 0 Å². The average Bonchev–Trinajstić information content (AvgIpc) is 2.88. The molecule has 0 aromatic heterocycles. The summed E-state index contributed by atoms with van der Waals surface area (Å²) in [6.07, 6.45) is 4.44. The van der Waals surface area contributed by atoms with Crippen molar-refractivity contribution in [1.82, 2.24) is 4.90 Å². The van der Waals surface area contributed by atoms with Gasteiger partial charge in [0, 0.05) is 49.0 Å². The van der Waals surface area contributed by atoms with E-state index in [4.69, 9.17) is 4.74 Å². The number of hydrogen-bond acceptors (Lipinski definition) is 6. The van der Waals surface area contributed by atoms with Crippen LogP contribution in [0.3, 0.4) is 0 Å². The SMILES string of the molecule is O=C(c1ccc(N2CCC(N3C(=O)OCc4ccccc43)CC2)c(N[O-])c1)N1CCCCC1. The van der Waals surface area contributed by atoms with Gasteiger partial charge < -0.3 is 25.2 Å². The summed E-state index contributed by atoms with van der Waals surface area (Å²) in [5.41, 5.74) is 5.73. The van der Waals surface area contributed by atoms with Gasteiger partial charge in [0.2, 0.25) is 0 Å². The van der Waals surface area contributed by atoms with Crippen molar-refractivity contribution >= 4 is 29.1 Å². The molecular weight excluding hydrogens is 420 g/mol. The standard InChI is InChI=1S/C25H29N4O4/c30-24(28-12-4-1-5-13-28)18-8-9-23(21(16-18)26-32)27-14-10-20(11-15-27)29-22-7-3-2-6-19(22)17-33-25(29)31/h2-3,6-9,16,20,26H,1,4-5,10-15,17H2/q-1. The van der Waals surface area contributed by atoms with Gasteiger partial charge in [0.05, 0.1) is 11.4 Å². The van der Waals surface area contributed by atoms with E-state index in [9.17, 15) is 14.8 Å². The minimum absolute atomic E-state index is 0.0151. The summed E-state index contributed by atoms with van der Waals surface area (Å²) >= 11 is 0. The molecule has 2 fully saturated rings. The molecule has 5 rings (SSSR count). The first-order valence-corrected chi connectivity index (χ1v) is 11.8. The zero-order valence-electron chi connectivity index (χ0n) is 18.7. The Labute approximate surface area is 193 Å². The monoisotopic (exact) mass is 449 g/mol. The molecule has 1 N–H and O–H groups in total. The third-order valence-corrected chi connectivity index (χ3v) is 6.97. The summed E-state index contributed by atoms with van der Waals surface area (Å²) in [6.45, 7) is 3.26. The highest BCUT2D eigenvalue weighted by molar-refractivity contribution is 5.96. The largest absolute Gasteiger partial charge is 0.761 e. The quantitative estimate of drug-likeness (QED) is 0.699. The first-order chi connectivity index (χ1) is 16.2. The zero-order chi connectivity index (χ0) is 22.8. The number of benzene rings is 2. The van der Waals surface area contributed by atoms with E-state index < -0.39 is 0 Å². The lowest BCUT2D eigenvalue weighted by Crippen LogP contribution is -2.49. The second-order valence-corrected chi connectivity index (χ2v) is 8.96. The molecule has 3 heterocycles. The van der Waals surface area contributed by atoms with Gasteiger partial charge in [0.15, 0.2) is 0 Å². The van der Waals surface area contributed by atoms with Crippen LogP contribution < -0.4 is 15.3 Å². The molecule has 8 nitrogen and oxygen atoms in total. The lowest BCUT2D eigenvalue weighted by molar-refractivity contribution is 0.0724. The lowest BCUT2D eigenvalue weighted by Gasteiger charge is -2.41. The minimum atomic E-state index is -0.297. The molecular formula is C25H29N4O4-. The number of piperidine rings is 2. The molecule has 0 aliphatic carbocycles. The van der Waals surface area contributed by atoms with Crippen LogP contribution in [-0.4, -0.2) is 49.1 Å². The van der Waals surface area contributed by atoms with Gasteiger partial charge in [-0.2, -0.15) is 0 Å². The van der Waals surface area contributed by atoms with E-state index in [1.165, 1.54) is 0 Å². The molecule has 2 aromatic carbocycles. The van der Waals surface area contributed by atoms with Gasteiger partial charge in [-0.1, -0.05) is 18.2 Å². The van der Waals surface area contributed by atoms with Crippen LogP contribution >= 0.6 is 0 Å². The second kappa shape index (κ2) is 9.31. The van der Waals surface area contributed by atoms with E-state index in [2.05, 4.69) is 4.90 Å². The zero-order valence-corrected chi connectivity index (χ0v) is 18.7. The van der Waals surface area contributed by atoms with Crippen molar-refractivity contribution in [2.45, 2.75) is 44.8 Å². The lowest BCUT2D eigenvalue weighted by atomic mass is 9.99. The number of hydrogen-bond donors (Lipinski definition) is 1. The highest BCUT2D eigenvalue weighted by Crippen LogP contribution is 2.35. The Kier molecular flexibility index (Phi) is 6.09. The van der Waals surface area contributed by atoms with E-state index in [0.29, 0.717) is 30.9 Å². The summed E-state index contributed by atoms with van der Waals surface area (Å²) < 4.78 is 5.39. The Morgan fingerprint density at radius 1 is 0.970 bits per heavy atom. The topological polar surface area (TPSA) is 88.2 Å². The Bertz CT molecular complexity index is 1030. The van der Waals surface area contributed by atoms with Crippen molar-refractivity contribution in [2.24, 2.45) is 0 Å². The predicted molar refractivity (Wildman–Crippen MR) is 128 cm³/mol. The number of nitrogens with zero attached hydrogens (tertiary/aromatic N) is 3. The summed E-state index contributed by atoms with van der Waals surface area (Å²) in [4.78, 5) is 31.2. The third kappa shape index (κ3) is 4.23. The van der Waals surface area contributed by atoms with Gasteiger partial charge in [0.1, 0.15) is 6.61 Å². The minimum Gasteiger partial charge on any atom is -0.761 e. The van der Waals surface area contributed by atoms with E-state index in [-0.39, 0.29) is 18.0 Å². The number of anilines is 3. The second-order valence-electron chi connectivity index (χ2n) is 8.96. The first kappa shape index (κ1) is 21.6. The van der Waals surface area contributed by atoms with Crippen LogP contribution in [-0.2, 0) is 11.3 Å². The Balaban J connectivity index is 1.29. The first-order valence-electron chi connectivity index (χ1n) is 11.8. The fraction of sp³-hybridized carbons (Fsp3) is 0.440. The van der Waals surface area contributed by atoms with Crippen LogP contribution in [0.4, 0.5) is 21.9 Å². The third-order valence-electron chi connectivity index (χ3n) is 6.97. The molecule has 2 aromatic rings. The Hall–Kier alpha value is -3.26. The summed E-state index contributed by atoms with van der Waals surface area (Å²) in [7, 11) is 0. The normalized spacial score (nSPS) is 19.2. The summed E-state index contributed by atoms with van der Waals surface area (Å²) in [5, 5.41) is 11.8. The van der Waals surface area contributed by atoms with Crippen LogP contribution in [0, 0.1) is 5.21 Å². The Morgan fingerprint density at radius 3 is 2.48 bits per heavy atom. The van der Waals surface area contributed by atoms with E-state index in [1.54, 1.807) is 11.0 Å². The molecule has 0 bridgehead atoms. The summed E-state index contributed by atoms with van der Waals surface area (Å²) in [5.74, 6) is -0.0151. The average molecular weight is 450 g/mol. The molecule has 2 saturated heterocycles. The van der Waals surface area contributed by atoms with E-state index in [0.717, 1.165) is 62.1 Å². The molecule has 8 heteroatoms. The molecule has 174 valence electrons. The highest BCUT2D eigenvalue weighted by atomic mass is 16.6. The van der Waals surface area contributed by atoms with Crippen LogP contribution in [0.25, 0.3) is 0 Å². The number of carbonyl (C=O) groups is 2. The van der Waals surface area contributed by atoms with Crippen molar-refractivity contribution in [3.8, 4) is 0 Å². The molecule has 0 atom stereocenters. The van der Waals surface area contributed by atoms with Crippen molar-refractivity contribution in [2.75, 3.05) is 41.5 Å². The van der Waals surface area contributed by atoms with Gasteiger partial charge in [-0.25, -0.2) is 4.79 Å². The van der Waals surface area contributed by atoms with E-state index in [1.807, 2.05) is 46.8 Å². The van der Waals surface area contributed by atoms with Crippen molar-refractivity contribution in [3.05, 3.63) is 58.8 Å². The molecule has 0 radical (unpaired) electrons. The highest BCUT2D eigenvalue weighted by Gasteiger charge is 2.34. The molecule has 3 aliphatic rings. The van der Waals surface area contributed by atoms with Gasteiger partial charge in [-0.05, 0) is 56.4 Å². The molecule has 0 unspecified atom stereocenters. The van der Waals surface area contributed by atoms with Crippen LogP contribution in [0.2, 0.25) is 0 Å². The molecule has 33 heavy (non-hydrogen) atoms. The van der Waals surface area contributed by atoms with E-state index >= 15 is 0 Å². The Morgan fingerprint density at radius 2 is 1.73 bits per heavy atom. The maximum atomic E-state index is 12.8. The fourth-order valence-corrected chi connectivity index (χ4v) is 5.19. The molecule has 0 spiro atoms. The van der Waals surface area contributed by atoms with Crippen molar-refractivity contribution < 1.29 is 14.3 Å². The predicted octanol–water partition coefficient (Wildman–Crippen LogP) is 4.35. The van der Waals surface area contributed by atoms with Gasteiger partial charge in [-0.3, -0.25) is 9.69 Å². The van der Waals surface area contributed by atoms with Crippen molar-refractivity contribution in [1.29, 1.82) is 0 Å². The number of ether oxygens (including phenoxy) is 1. The van der Waals surface area contributed by atoms with Crippen LogP contribution in [0.15, 0.2) is 42.5 Å². The van der Waals surface area contributed by atoms with Gasteiger partial charge in [-0.15, -0.1) is 0 Å². The van der Waals surface area contributed by atoms with Gasteiger partial charge >= 0.3 is 6.09 Å². The number of carbonyl (C=O) groups excluding carboxylic acids is 2. The number of rotatable bonds is 4. The molecule has 2 amide bonds. The number of likely N-dealkylation sites (tertiary alicyclic amines) is 1. The number of para-hydroxylation sites is 1. The maximum absolute atomic E-state index is 12.8. The van der Waals surface area contributed by atoms with Crippen LogP contribution in [0.5, 0.6) is 0 Å². The smallest absolute Gasteiger partial charge is 0.414 e. The number of fused-ring (bicyclic) bond motifs is 1. The maximum Gasteiger partial charge on any atom is 0.414 e. The molecule has 0 saturated carbocycles. The molecule has 3 aliphatic heterocycles. The number of cyclic esters (lactones) is 1. The fourth-order valence-electron chi connectivity index (χ4n) is 5.19. The summed E-state index contributed by atoms with van der Waals surface area (Å²) in [6, 6.07) is 13.2.